The molecule has 1 amide bonds. The lowest BCUT2D eigenvalue weighted by molar-refractivity contribution is 0.0801. The lowest BCUT2D eigenvalue weighted by atomic mass is 9.92. The van der Waals surface area contributed by atoms with E-state index < -0.39 is 12.7 Å². The fraction of sp³-hybridized carbons (Fsp3) is 0.600. The Labute approximate surface area is 171 Å². The van der Waals surface area contributed by atoms with Crippen molar-refractivity contribution in [3.63, 3.8) is 0 Å². The number of benzene rings is 1. The minimum Gasteiger partial charge on any atom is -0.494 e. The Morgan fingerprint density at radius 1 is 1.41 bits per heavy atom. The number of hydrogen-bond donors (Lipinski definition) is 5. The summed E-state index contributed by atoms with van der Waals surface area (Å²) in [5.74, 6) is 1.23. The summed E-state index contributed by atoms with van der Waals surface area (Å²) in [5, 5.41) is 32.5. The number of carbonyl (C=O) groups is 1. The molecule has 1 saturated heterocycles. The summed E-state index contributed by atoms with van der Waals surface area (Å²) in [7, 11) is 0. The minimum atomic E-state index is -0.964. The third kappa shape index (κ3) is 7.10. The van der Waals surface area contributed by atoms with Crippen molar-refractivity contribution >= 4 is 11.9 Å². The fourth-order valence-electron chi connectivity index (χ4n) is 3.43. The van der Waals surface area contributed by atoms with Gasteiger partial charge in [-0.15, -0.1) is 0 Å². The van der Waals surface area contributed by atoms with Crippen molar-refractivity contribution < 1.29 is 25.0 Å². The molecule has 0 saturated carbocycles. The number of piperidine rings is 1. The van der Waals surface area contributed by atoms with Gasteiger partial charge in [-0.3, -0.25) is 4.79 Å². The van der Waals surface area contributed by atoms with Crippen LogP contribution in [0.25, 0.3) is 0 Å². The number of hydrogen-bond acceptors (Lipinski definition) is 6. The van der Waals surface area contributed by atoms with Gasteiger partial charge in [-0.25, -0.2) is 0 Å². The standard InChI is InChI=1S/C20H32N4O5/c1-14-11-17(4-5-18(14)19(27)22-12-16(26)13-25)29-10-2-3-15-6-8-24(9-7-15)20(21)23-28/h4-5,11,15-16,25-26,28H,2-3,6-10,12-13H2,1H3,(H2,21,23)(H,22,27)/t16-/m0/s1. The Morgan fingerprint density at radius 3 is 2.76 bits per heavy atom. The van der Waals surface area contributed by atoms with Crippen molar-refractivity contribution in [2.24, 2.45) is 16.8 Å². The molecular weight excluding hydrogens is 376 g/mol. The normalized spacial score (nSPS) is 16.5. The van der Waals surface area contributed by atoms with Crippen LogP contribution in [0.1, 0.15) is 41.6 Å². The highest BCUT2D eigenvalue weighted by Crippen LogP contribution is 2.22. The number of aryl methyl sites for hydroxylation is 1. The first-order valence-corrected chi connectivity index (χ1v) is 9.97. The van der Waals surface area contributed by atoms with Crippen LogP contribution in [0.15, 0.2) is 23.4 Å². The molecule has 1 aromatic rings. The lowest BCUT2D eigenvalue weighted by Crippen LogP contribution is -2.42. The number of nitrogens with zero attached hydrogens (tertiary/aromatic N) is 2. The summed E-state index contributed by atoms with van der Waals surface area (Å²) in [6, 6.07) is 5.29. The molecule has 1 aromatic carbocycles. The second-order valence-corrected chi connectivity index (χ2v) is 7.40. The number of oxime groups is 1. The van der Waals surface area contributed by atoms with E-state index in [0.29, 0.717) is 18.1 Å². The number of nitrogens with two attached hydrogens (primary N) is 1. The summed E-state index contributed by atoms with van der Waals surface area (Å²) in [5.41, 5.74) is 6.92. The van der Waals surface area contributed by atoms with Crippen molar-refractivity contribution in [2.75, 3.05) is 32.8 Å². The second kappa shape index (κ2) is 11.5. The molecule has 1 atom stereocenters. The number of rotatable bonds is 9. The van der Waals surface area contributed by atoms with Gasteiger partial charge in [0.05, 0.1) is 19.3 Å². The third-order valence-electron chi connectivity index (χ3n) is 5.22. The van der Waals surface area contributed by atoms with Crippen molar-refractivity contribution in [3.8, 4) is 5.75 Å². The summed E-state index contributed by atoms with van der Waals surface area (Å²) >= 11 is 0. The Morgan fingerprint density at radius 2 is 2.14 bits per heavy atom. The van der Waals surface area contributed by atoms with Crippen molar-refractivity contribution in [2.45, 2.75) is 38.7 Å². The monoisotopic (exact) mass is 408 g/mol. The highest BCUT2D eigenvalue weighted by molar-refractivity contribution is 5.95. The highest BCUT2D eigenvalue weighted by atomic mass is 16.5. The first-order chi connectivity index (χ1) is 13.9. The van der Waals surface area contributed by atoms with Crippen LogP contribution in [0.5, 0.6) is 5.75 Å². The molecule has 0 bridgehead atoms. The van der Waals surface area contributed by atoms with E-state index in [0.717, 1.165) is 50.1 Å². The predicted octanol–water partition coefficient (Wildman–Crippen LogP) is 0.653. The second-order valence-electron chi connectivity index (χ2n) is 7.40. The molecule has 0 radical (unpaired) electrons. The molecule has 0 spiro atoms. The molecule has 29 heavy (non-hydrogen) atoms. The molecule has 9 nitrogen and oxygen atoms in total. The molecule has 0 aromatic heterocycles. The number of guanidine groups is 1. The Hall–Kier alpha value is -2.52. The van der Waals surface area contributed by atoms with E-state index in [1.54, 1.807) is 12.1 Å². The van der Waals surface area contributed by atoms with Gasteiger partial charge in [-0.2, -0.15) is 0 Å². The zero-order chi connectivity index (χ0) is 21.2. The fourth-order valence-corrected chi connectivity index (χ4v) is 3.43. The maximum absolute atomic E-state index is 12.1. The van der Waals surface area contributed by atoms with Crippen molar-refractivity contribution in [1.82, 2.24) is 10.2 Å². The van der Waals surface area contributed by atoms with Crippen LogP contribution in [0, 0.1) is 12.8 Å². The average molecular weight is 408 g/mol. The Kier molecular flexibility index (Phi) is 9.01. The smallest absolute Gasteiger partial charge is 0.251 e. The zero-order valence-electron chi connectivity index (χ0n) is 16.9. The number of nitrogens with one attached hydrogen (secondary N) is 1. The maximum Gasteiger partial charge on any atom is 0.251 e. The predicted molar refractivity (Wildman–Crippen MR) is 109 cm³/mol. The molecule has 1 aliphatic heterocycles. The average Bonchev–Trinajstić information content (AvgIpc) is 2.74. The maximum atomic E-state index is 12.1. The SMILES string of the molecule is Cc1cc(OCCCC2CCN(/C(N)=N/O)CC2)ccc1C(=O)NC[C@H](O)CO. The van der Waals surface area contributed by atoms with Gasteiger partial charge in [0.2, 0.25) is 5.96 Å². The molecule has 1 aliphatic rings. The number of aliphatic hydroxyl groups excluding tert-OH is 2. The molecule has 1 fully saturated rings. The molecular formula is C20H32N4O5. The molecule has 0 unspecified atom stereocenters. The van der Waals surface area contributed by atoms with Gasteiger partial charge >= 0.3 is 0 Å². The molecule has 0 aliphatic carbocycles. The van der Waals surface area contributed by atoms with Gasteiger partial charge in [0.1, 0.15) is 5.75 Å². The number of carbonyl (C=O) groups excluding carboxylic acids is 1. The van der Waals surface area contributed by atoms with Gasteiger partial charge in [0.25, 0.3) is 5.91 Å². The number of amides is 1. The molecule has 9 heteroatoms. The highest BCUT2D eigenvalue weighted by Gasteiger charge is 2.20. The van der Waals surface area contributed by atoms with E-state index in [2.05, 4.69) is 10.5 Å². The van der Waals surface area contributed by atoms with Crippen LogP contribution in [0.3, 0.4) is 0 Å². The van der Waals surface area contributed by atoms with Crippen molar-refractivity contribution in [1.29, 1.82) is 0 Å². The van der Waals surface area contributed by atoms with Crippen LogP contribution < -0.4 is 15.8 Å². The van der Waals surface area contributed by atoms with Gasteiger partial charge in [0.15, 0.2) is 0 Å². The Balaban J connectivity index is 1.71. The van der Waals surface area contributed by atoms with Crippen LogP contribution in [-0.4, -0.2) is 71.1 Å². The molecule has 6 N–H and O–H groups in total. The van der Waals surface area contributed by atoms with E-state index in [1.165, 1.54) is 0 Å². The van der Waals surface area contributed by atoms with Gasteiger partial charge in [-0.05, 0) is 62.3 Å². The minimum absolute atomic E-state index is 0.00530. The van der Waals surface area contributed by atoms with Gasteiger partial charge in [0, 0.05) is 25.2 Å². The Bertz CT molecular complexity index is 689. The van der Waals surface area contributed by atoms with E-state index in [4.69, 9.17) is 20.8 Å². The van der Waals surface area contributed by atoms with Crippen LogP contribution in [-0.2, 0) is 0 Å². The number of aliphatic hydroxyl groups is 2. The largest absolute Gasteiger partial charge is 0.494 e. The quantitative estimate of drug-likeness (QED) is 0.133. The zero-order valence-corrected chi connectivity index (χ0v) is 16.9. The summed E-state index contributed by atoms with van der Waals surface area (Å²) < 4.78 is 5.82. The van der Waals surface area contributed by atoms with Crippen LogP contribution >= 0.6 is 0 Å². The number of likely N-dealkylation sites (tertiary alicyclic amines) is 1. The van der Waals surface area contributed by atoms with E-state index in [1.807, 2.05) is 17.9 Å². The third-order valence-corrected chi connectivity index (χ3v) is 5.22. The summed E-state index contributed by atoms with van der Waals surface area (Å²) in [6.45, 7) is 3.66. The van der Waals surface area contributed by atoms with Gasteiger partial charge in [-0.1, -0.05) is 5.16 Å². The van der Waals surface area contributed by atoms with E-state index in [-0.39, 0.29) is 18.4 Å². The van der Waals surface area contributed by atoms with E-state index >= 15 is 0 Å². The van der Waals surface area contributed by atoms with Crippen LogP contribution in [0.4, 0.5) is 0 Å². The van der Waals surface area contributed by atoms with Gasteiger partial charge < -0.3 is 36.1 Å². The summed E-state index contributed by atoms with van der Waals surface area (Å²) in [4.78, 5) is 14.0. The first kappa shape index (κ1) is 22.8. The molecule has 1 heterocycles. The topological polar surface area (TPSA) is 141 Å². The summed E-state index contributed by atoms with van der Waals surface area (Å²) in [6.07, 6.45) is 3.08. The lowest BCUT2D eigenvalue weighted by Gasteiger charge is -2.32. The van der Waals surface area contributed by atoms with Crippen molar-refractivity contribution in [3.05, 3.63) is 29.3 Å². The molecule has 162 valence electrons. The first-order valence-electron chi connectivity index (χ1n) is 9.97. The van der Waals surface area contributed by atoms with Crippen LogP contribution in [0.2, 0.25) is 0 Å². The van der Waals surface area contributed by atoms with E-state index in [9.17, 15) is 9.90 Å². The number of ether oxygens (including phenoxy) is 1. The molecule has 2 rings (SSSR count).